The fraction of sp³-hybridized carbons (Fsp3) is 0.364. The number of ether oxygens (including phenoxy) is 5. The van der Waals surface area contributed by atoms with Gasteiger partial charge in [-0.15, -0.1) is 0 Å². The molecule has 1 fully saturated rings. The third-order valence-electron chi connectivity index (χ3n) is 7.58. The van der Waals surface area contributed by atoms with Crippen LogP contribution in [0.1, 0.15) is 39.6 Å². The van der Waals surface area contributed by atoms with Gasteiger partial charge in [-0.25, -0.2) is 0 Å². The first kappa shape index (κ1) is 30.7. The standard InChI is InChI=1S/C33H37N3O8/c1-5-42-24-15-22-16-25(17-24)44-23-9-6-8-21(14-23)20-43-28-12-13-36(18-27(28)34-30(37)19-35(2)32(22)38)33(39)26-10-7-11-29(40-3)31(26)41-4/h6-11,14-17,27-28H,5,12-13,18-20H2,1-4H3,(H,34,37)/t27-,28+/m0/s1. The lowest BCUT2D eigenvalue weighted by Crippen LogP contribution is -2.58. The average molecular weight is 604 g/mol. The molecule has 2 heterocycles. The Kier molecular flexibility index (Phi) is 9.54. The Balaban J connectivity index is 1.43. The van der Waals surface area contributed by atoms with E-state index in [1.807, 2.05) is 31.2 Å². The lowest BCUT2D eigenvalue weighted by Gasteiger charge is -2.39. The predicted molar refractivity (Wildman–Crippen MR) is 162 cm³/mol. The summed E-state index contributed by atoms with van der Waals surface area (Å²) >= 11 is 0. The van der Waals surface area contributed by atoms with Crippen molar-refractivity contribution in [3.05, 3.63) is 77.4 Å². The number of amides is 3. The number of benzene rings is 3. The monoisotopic (exact) mass is 603 g/mol. The highest BCUT2D eigenvalue weighted by Crippen LogP contribution is 2.33. The molecular formula is C33H37N3O8. The highest BCUT2D eigenvalue weighted by Gasteiger charge is 2.35. The van der Waals surface area contributed by atoms with Crippen molar-refractivity contribution in [2.45, 2.75) is 32.1 Å². The lowest BCUT2D eigenvalue weighted by atomic mass is 10.00. The summed E-state index contributed by atoms with van der Waals surface area (Å²) in [5, 5.41) is 3.03. The first-order valence-electron chi connectivity index (χ1n) is 14.5. The molecule has 4 bridgehead atoms. The molecule has 1 saturated heterocycles. The van der Waals surface area contributed by atoms with E-state index in [1.165, 1.54) is 19.1 Å². The second-order valence-electron chi connectivity index (χ2n) is 10.6. The van der Waals surface area contributed by atoms with Gasteiger partial charge in [0, 0.05) is 31.8 Å². The van der Waals surface area contributed by atoms with Crippen molar-refractivity contribution in [1.29, 1.82) is 0 Å². The summed E-state index contributed by atoms with van der Waals surface area (Å²) in [6.07, 6.45) is 0.105. The molecule has 5 rings (SSSR count). The van der Waals surface area contributed by atoms with Crippen LogP contribution in [0.2, 0.25) is 0 Å². The van der Waals surface area contributed by atoms with Crippen LogP contribution in [0.15, 0.2) is 60.7 Å². The van der Waals surface area contributed by atoms with Crippen molar-refractivity contribution in [2.24, 2.45) is 0 Å². The van der Waals surface area contributed by atoms with E-state index in [0.717, 1.165) is 5.56 Å². The number of rotatable bonds is 5. The molecule has 2 aliphatic heterocycles. The van der Waals surface area contributed by atoms with Crippen molar-refractivity contribution in [3.63, 3.8) is 0 Å². The molecule has 0 aliphatic carbocycles. The Hall–Kier alpha value is -4.77. The summed E-state index contributed by atoms with van der Waals surface area (Å²) in [5.74, 6) is 1.30. The minimum absolute atomic E-state index is 0.201. The van der Waals surface area contributed by atoms with Gasteiger partial charge in [-0.2, -0.15) is 0 Å². The van der Waals surface area contributed by atoms with Crippen LogP contribution in [-0.4, -0.2) is 87.2 Å². The average Bonchev–Trinajstić information content (AvgIpc) is 3.02. The number of nitrogens with zero attached hydrogens (tertiary/aromatic N) is 2. The van der Waals surface area contributed by atoms with Crippen LogP contribution in [-0.2, 0) is 16.1 Å². The van der Waals surface area contributed by atoms with Gasteiger partial charge in [0.15, 0.2) is 11.5 Å². The number of carbonyl (C=O) groups excluding carboxylic acids is 3. The molecule has 0 aromatic heterocycles. The van der Waals surface area contributed by atoms with Crippen molar-refractivity contribution in [1.82, 2.24) is 15.1 Å². The summed E-state index contributed by atoms with van der Waals surface area (Å²) in [6.45, 7) is 2.95. The van der Waals surface area contributed by atoms with Gasteiger partial charge in [-0.05, 0) is 55.3 Å². The van der Waals surface area contributed by atoms with E-state index in [4.69, 9.17) is 23.7 Å². The molecule has 11 nitrogen and oxygen atoms in total. The third-order valence-corrected chi connectivity index (χ3v) is 7.58. The topological polar surface area (TPSA) is 116 Å². The maximum atomic E-state index is 13.7. The molecule has 3 aromatic carbocycles. The van der Waals surface area contributed by atoms with E-state index in [-0.39, 0.29) is 43.5 Å². The van der Waals surface area contributed by atoms with Crippen molar-refractivity contribution < 1.29 is 38.1 Å². The van der Waals surface area contributed by atoms with Gasteiger partial charge >= 0.3 is 0 Å². The van der Waals surface area contributed by atoms with Crippen LogP contribution >= 0.6 is 0 Å². The number of carbonyl (C=O) groups is 3. The van der Waals surface area contributed by atoms with Gasteiger partial charge in [0.25, 0.3) is 11.8 Å². The molecule has 1 N–H and O–H groups in total. The van der Waals surface area contributed by atoms with E-state index in [0.29, 0.717) is 59.4 Å². The van der Waals surface area contributed by atoms with E-state index < -0.39 is 6.04 Å². The van der Waals surface area contributed by atoms with Crippen molar-refractivity contribution in [3.8, 4) is 28.7 Å². The van der Waals surface area contributed by atoms with E-state index in [1.54, 1.807) is 48.3 Å². The Morgan fingerprint density at radius 3 is 2.61 bits per heavy atom. The van der Waals surface area contributed by atoms with E-state index in [2.05, 4.69) is 5.32 Å². The van der Waals surface area contributed by atoms with Crippen LogP contribution in [0.5, 0.6) is 28.7 Å². The molecular weight excluding hydrogens is 566 g/mol. The Bertz CT molecular complexity index is 1530. The third kappa shape index (κ3) is 6.89. The molecule has 44 heavy (non-hydrogen) atoms. The second-order valence-corrected chi connectivity index (χ2v) is 10.6. The van der Waals surface area contributed by atoms with Crippen molar-refractivity contribution in [2.75, 3.05) is 47.5 Å². The maximum absolute atomic E-state index is 13.7. The molecule has 0 saturated carbocycles. The molecule has 0 unspecified atom stereocenters. The first-order valence-corrected chi connectivity index (χ1v) is 14.5. The predicted octanol–water partition coefficient (Wildman–Crippen LogP) is 3.90. The molecule has 232 valence electrons. The number of likely N-dealkylation sites (N-methyl/N-ethyl adjacent to an activating group) is 1. The summed E-state index contributed by atoms with van der Waals surface area (Å²) in [4.78, 5) is 43.4. The number of methoxy groups -OCH3 is 2. The van der Waals surface area contributed by atoms with Crippen LogP contribution in [0.4, 0.5) is 0 Å². The molecule has 11 heteroatoms. The second kappa shape index (κ2) is 13.7. The van der Waals surface area contributed by atoms with Crippen LogP contribution in [0, 0.1) is 0 Å². The zero-order valence-electron chi connectivity index (χ0n) is 25.3. The Labute approximate surface area is 256 Å². The van der Waals surface area contributed by atoms with Gasteiger partial charge in [0.2, 0.25) is 5.91 Å². The summed E-state index contributed by atoms with van der Waals surface area (Å²) in [7, 11) is 4.56. The fourth-order valence-electron chi connectivity index (χ4n) is 5.48. The van der Waals surface area contributed by atoms with Gasteiger partial charge in [-0.3, -0.25) is 14.4 Å². The summed E-state index contributed by atoms with van der Waals surface area (Å²) in [5.41, 5.74) is 1.56. The fourth-order valence-corrected chi connectivity index (χ4v) is 5.48. The van der Waals surface area contributed by atoms with Gasteiger partial charge in [0.05, 0.1) is 51.7 Å². The summed E-state index contributed by atoms with van der Waals surface area (Å²) < 4.78 is 29.0. The van der Waals surface area contributed by atoms with Crippen LogP contribution in [0.25, 0.3) is 0 Å². The quantitative estimate of drug-likeness (QED) is 0.467. The lowest BCUT2D eigenvalue weighted by molar-refractivity contribution is -0.124. The van der Waals surface area contributed by atoms with Crippen LogP contribution in [0.3, 0.4) is 0 Å². The normalized spacial score (nSPS) is 18.9. The van der Waals surface area contributed by atoms with Gasteiger partial charge in [0.1, 0.15) is 17.2 Å². The van der Waals surface area contributed by atoms with Gasteiger partial charge in [-0.1, -0.05) is 18.2 Å². The molecule has 3 aromatic rings. The number of fused-ring (bicyclic) bond motifs is 5. The maximum Gasteiger partial charge on any atom is 0.257 e. The number of piperidine rings is 1. The van der Waals surface area contributed by atoms with E-state index >= 15 is 0 Å². The zero-order valence-corrected chi connectivity index (χ0v) is 25.3. The smallest absolute Gasteiger partial charge is 0.257 e. The van der Waals surface area contributed by atoms with Crippen molar-refractivity contribution >= 4 is 17.7 Å². The Morgan fingerprint density at radius 2 is 1.84 bits per heavy atom. The van der Waals surface area contributed by atoms with Crippen LogP contribution < -0.4 is 24.3 Å². The minimum atomic E-state index is -0.527. The number of para-hydroxylation sites is 1. The molecule has 3 amide bonds. The molecule has 0 radical (unpaired) electrons. The highest BCUT2D eigenvalue weighted by atomic mass is 16.5. The molecule has 2 atom stereocenters. The Morgan fingerprint density at radius 1 is 1.02 bits per heavy atom. The first-order chi connectivity index (χ1) is 21.3. The number of hydrogen-bond acceptors (Lipinski definition) is 8. The molecule has 0 spiro atoms. The minimum Gasteiger partial charge on any atom is -0.494 e. The number of hydrogen-bond donors (Lipinski definition) is 1. The summed E-state index contributed by atoms with van der Waals surface area (Å²) in [6, 6.07) is 17.1. The van der Waals surface area contributed by atoms with Gasteiger partial charge < -0.3 is 38.8 Å². The highest BCUT2D eigenvalue weighted by molar-refractivity contribution is 5.98. The number of likely N-dealkylation sites (tertiary alicyclic amines) is 1. The zero-order chi connectivity index (χ0) is 31.2. The SMILES string of the molecule is CCOc1cc2cc(c1)C(=O)N(C)CC(=O)N[C@H]1CN(C(=O)c3cccc(OC)c3OC)CC[C@H]1OCc1cccc(c1)O2. The molecule has 2 aliphatic rings. The number of nitrogens with one attached hydrogen (secondary N) is 1. The van der Waals surface area contributed by atoms with E-state index in [9.17, 15) is 14.4 Å². The largest absolute Gasteiger partial charge is 0.494 e.